The van der Waals surface area contributed by atoms with Crippen molar-refractivity contribution < 1.29 is 18.9 Å². The summed E-state index contributed by atoms with van der Waals surface area (Å²) in [6, 6.07) is 19.8. The third-order valence-corrected chi connectivity index (χ3v) is 6.55. The summed E-state index contributed by atoms with van der Waals surface area (Å²) in [6.07, 6.45) is -0.482. The number of azide groups is 1. The van der Waals surface area contributed by atoms with Crippen LogP contribution in [0.2, 0.25) is 0 Å². The average molecular weight is 440 g/mol. The van der Waals surface area contributed by atoms with Gasteiger partial charge in [0.2, 0.25) is 0 Å². The predicted molar refractivity (Wildman–Crippen MR) is 119 cm³/mol. The minimum Gasteiger partial charge on any atom is -0.369 e. The summed E-state index contributed by atoms with van der Waals surface area (Å²) in [5.74, 6) is 0.673. The van der Waals surface area contributed by atoms with Gasteiger partial charge >= 0.3 is 0 Å². The van der Waals surface area contributed by atoms with Crippen LogP contribution in [0, 0.1) is 0 Å². The van der Waals surface area contributed by atoms with E-state index in [9.17, 15) is 0 Å². The molecule has 0 radical (unpaired) electrons. The molecule has 0 aliphatic carbocycles. The molecule has 0 saturated carbocycles. The van der Waals surface area contributed by atoms with E-state index in [2.05, 4.69) is 16.6 Å². The van der Waals surface area contributed by atoms with E-state index in [1.165, 1.54) is 0 Å². The van der Waals surface area contributed by atoms with Gasteiger partial charge in [-0.05, 0) is 11.1 Å². The molecule has 2 aromatic rings. The van der Waals surface area contributed by atoms with Crippen molar-refractivity contribution in [2.24, 2.45) is 5.11 Å². The Bertz CT molecular complexity index is 894. The first kappa shape index (κ1) is 21.9. The summed E-state index contributed by atoms with van der Waals surface area (Å²) >= 11 is 1.59. The third kappa shape index (κ3) is 5.30. The van der Waals surface area contributed by atoms with Gasteiger partial charge in [0, 0.05) is 16.2 Å². The van der Waals surface area contributed by atoms with Crippen LogP contribution in [0.4, 0.5) is 0 Å². The zero-order chi connectivity index (χ0) is 21.5. The van der Waals surface area contributed by atoms with Gasteiger partial charge in [-0.25, -0.2) is 0 Å². The van der Waals surface area contributed by atoms with Crippen LogP contribution >= 0.6 is 11.8 Å². The van der Waals surface area contributed by atoms with E-state index in [-0.39, 0.29) is 17.5 Å². The van der Waals surface area contributed by atoms with Crippen molar-refractivity contribution in [2.75, 3.05) is 12.4 Å². The van der Waals surface area contributed by atoms with Crippen molar-refractivity contribution in [1.29, 1.82) is 0 Å². The van der Waals surface area contributed by atoms with E-state index in [0.717, 1.165) is 11.1 Å². The van der Waals surface area contributed by atoms with E-state index in [1.807, 2.05) is 66.7 Å². The lowest BCUT2D eigenvalue weighted by Crippen LogP contribution is -2.61. The Labute approximate surface area is 186 Å². The maximum atomic E-state index is 9.09. The predicted octanol–water partition coefficient (Wildman–Crippen LogP) is 5.01. The van der Waals surface area contributed by atoms with Gasteiger partial charge in [0.1, 0.15) is 18.3 Å². The second kappa shape index (κ2) is 10.8. The van der Waals surface area contributed by atoms with Crippen molar-refractivity contribution in [3.8, 4) is 0 Å². The molecule has 2 heterocycles. The monoisotopic (exact) mass is 439 g/mol. The van der Waals surface area contributed by atoms with Crippen molar-refractivity contribution in [1.82, 2.24) is 0 Å². The molecule has 2 aromatic carbocycles. The van der Waals surface area contributed by atoms with Crippen molar-refractivity contribution in [2.45, 2.75) is 42.7 Å². The Balaban J connectivity index is 1.59. The van der Waals surface area contributed by atoms with Gasteiger partial charge in [0.25, 0.3) is 0 Å². The molecule has 0 amide bonds. The summed E-state index contributed by atoms with van der Waals surface area (Å²) in [5.41, 5.74) is 11.1. The SMILES string of the molecule is C=CCSC1C(OCc2ccccc2)[C@@H]2OC(c3ccccc3)OCC2O[C@@H]1N=[N+]=[N-]. The number of nitrogens with zero attached hydrogens (tertiary/aromatic N) is 3. The van der Waals surface area contributed by atoms with Crippen molar-refractivity contribution >= 4 is 11.8 Å². The number of hydrogen-bond acceptors (Lipinski definition) is 6. The van der Waals surface area contributed by atoms with Crippen LogP contribution in [0.25, 0.3) is 10.4 Å². The van der Waals surface area contributed by atoms with Gasteiger partial charge in [-0.3, -0.25) is 0 Å². The molecule has 2 aliphatic heterocycles. The van der Waals surface area contributed by atoms with Gasteiger partial charge in [0.15, 0.2) is 12.5 Å². The molecule has 0 N–H and O–H groups in total. The van der Waals surface area contributed by atoms with Crippen molar-refractivity contribution in [3.05, 3.63) is 94.9 Å². The van der Waals surface area contributed by atoms with E-state index in [0.29, 0.717) is 19.0 Å². The van der Waals surface area contributed by atoms with Crippen molar-refractivity contribution in [3.63, 3.8) is 0 Å². The molecule has 0 spiro atoms. The van der Waals surface area contributed by atoms with Crippen LogP contribution in [0.1, 0.15) is 17.4 Å². The third-order valence-electron chi connectivity index (χ3n) is 5.23. The second-order valence-electron chi connectivity index (χ2n) is 7.29. The molecule has 2 saturated heterocycles. The van der Waals surface area contributed by atoms with Crippen LogP contribution in [0.3, 0.4) is 0 Å². The fraction of sp³-hybridized carbons (Fsp3) is 0.391. The highest BCUT2D eigenvalue weighted by molar-refractivity contribution is 8.00. The topological polar surface area (TPSA) is 85.7 Å². The molecular formula is C23H25N3O4S. The van der Waals surface area contributed by atoms with Crippen LogP contribution in [-0.2, 0) is 25.6 Å². The first-order valence-corrected chi connectivity index (χ1v) is 11.2. The molecular weight excluding hydrogens is 414 g/mol. The number of hydrogen-bond donors (Lipinski definition) is 0. The highest BCUT2D eigenvalue weighted by Gasteiger charge is 2.50. The number of thioether (sulfide) groups is 1. The smallest absolute Gasteiger partial charge is 0.184 e. The number of ether oxygens (including phenoxy) is 4. The Morgan fingerprint density at radius 2 is 1.87 bits per heavy atom. The molecule has 2 aliphatic rings. The van der Waals surface area contributed by atoms with Gasteiger partial charge in [-0.15, -0.1) is 18.3 Å². The molecule has 8 heteroatoms. The van der Waals surface area contributed by atoms with E-state index in [1.54, 1.807) is 11.8 Å². The molecule has 6 atom stereocenters. The lowest BCUT2D eigenvalue weighted by molar-refractivity contribution is -0.313. The van der Waals surface area contributed by atoms with Gasteiger partial charge < -0.3 is 18.9 Å². The molecule has 0 bridgehead atoms. The molecule has 31 heavy (non-hydrogen) atoms. The zero-order valence-electron chi connectivity index (χ0n) is 17.0. The maximum absolute atomic E-state index is 9.09. The number of benzene rings is 2. The maximum Gasteiger partial charge on any atom is 0.184 e. The highest BCUT2D eigenvalue weighted by atomic mass is 32.2. The van der Waals surface area contributed by atoms with Crippen LogP contribution in [0.15, 0.2) is 78.4 Å². The Hall–Kier alpha value is -2.32. The lowest BCUT2D eigenvalue weighted by Gasteiger charge is -2.48. The van der Waals surface area contributed by atoms with Gasteiger partial charge in [0.05, 0.1) is 18.5 Å². The van der Waals surface area contributed by atoms with Crippen LogP contribution < -0.4 is 0 Å². The van der Waals surface area contributed by atoms with Gasteiger partial charge in [-0.2, -0.15) is 0 Å². The standard InChI is InChI=1S/C23H25N3O4S/c1-2-13-31-21-20(27-14-16-9-5-3-6-10-16)19-18(29-22(21)25-26-24)15-28-23(30-19)17-11-7-4-8-12-17/h2-12,18-23H,1,13-15H2/t18?,19-,20?,21?,22+,23?/m1/s1. The average Bonchev–Trinajstić information content (AvgIpc) is 2.82. The largest absolute Gasteiger partial charge is 0.369 e. The van der Waals surface area contributed by atoms with Crippen LogP contribution in [-0.4, -0.2) is 42.1 Å². The minimum absolute atomic E-state index is 0.242. The Morgan fingerprint density at radius 3 is 2.58 bits per heavy atom. The summed E-state index contributed by atoms with van der Waals surface area (Å²) in [7, 11) is 0. The van der Waals surface area contributed by atoms with E-state index in [4.69, 9.17) is 24.5 Å². The normalized spacial score (nSPS) is 30.1. The fourth-order valence-corrected chi connectivity index (χ4v) is 4.86. The summed E-state index contributed by atoms with van der Waals surface area (Å²) in [5, 5.41) is 3.66. The number of fused-ring (bicyclic) bond motifs is 1. The molecule has 7 nitrogen and oxygen atoms in total. The van der Waals surface area contributed by atoms with Crippen LogP contribution in [0.5, 0.6) is 0 Å². The van der Waals surface area contributed by atoms with E-state index >= 15 is 0 Å². The minimum atomic E-state index is -0.683. The molecule has 4 rings (SSSR count). The molecule has 2 fully saturated rings. The van der Waals surface area contributed by atoms with E-state index < -0.39 is 18.6 Å². The van der Waals surface area contributed by atoms with Gasteiger partial charge in [-0.1, -0.05) is 71.9 Å². The zero-order valence-corrected chi connectivity index (χ0v) is 17.8. The summed E-state index contributed by atoms with van der Waals surface area (Å²) in [4.78, 5) is 2.99. The first-order chi connectivity index (χ1) is 15.3. The summed E-state index contributed by atoms with van der Waals surface area (Å²) < 4.78 is 24.8. The fourth-order valence-electron chi connectivity index (χ4n) is 3.80. The number of rotatable bonds is 8. The quantitative estimate of drug-likeness (QED) is 0.250. The lowest BCUT2D eigenvalue weighted by atomic mass is 9.98. The molecule has 4 unspecified atom stereocenters. The highest BCUT2D eigenvalue weighted by Crippen LogP contribution is 2.40. The molecule has 162 valence electrons. The Kier molecular flexibility index (Phi) is 7.64. The summed E-state index contributed by atoms with van der Waals surface area (Å²) in [6.45, 7) is 4.56. The Morgan fingerprint density at radius 1 is 1.13 bits per heavy atom. The second-order valence-corrected chi connectivity index (χ2v) is 8.51. The molecule has 0 aromatic heterocycles. The first-order valence-electron chi connectivity index (χ1n) is 10.2.